The predicted octanol–water partition coefficient (Wildman–Crippen LogP) is 2.57. The van der Waals surface area contributed by atoms with Crippen molar-refractivity contribution in [3.8, 4) is 0 Å². The molecule has 0 aliphatic rings. The van der Waals surface area contributed by atoms with Crippen LogP contribution in [0.2, 0.25) is 0 Å². The fraction of sp³-hybridized carbons (Fsp3) is 0.417. The Morgan fingerprint density at radius 3 is 2.57 bits per heavy atom. The molecule has 1 aromatic rings. The molecule has 0 spiro atoms. The molecule has 0 aromatic heterocycles. The third-order valence-electron chi connectivity index (χ3n) is 1.95. The molecule has 1 aromatic carbocycles. The summed E-state index contributed by atoms with van der Waals surface area (Å²) in [5.41, 5.74) is 1.14. The van der Waals surface area contributed by atoms with Crippen LogP contribution in [0.25, 0.3) is 0 Å². The first-order chi connectivity index (χ1) is 6.68. The largest absolute Gasteiger partial charge is 0.373 e. The van der Waals surface area contributed by atoms with Crippen molar-refractivity contribution in [2.75, 3.05) is 0 Å². The lowest BCUT2D eigenvalue weighted by Gasteiger charge is -2.10. The third kappa shape index (κ3) is 4.19. The van der Waals surface area contributed by atoms with Gasteiger partial charge in [-0.3, -0.25) is 4.79 Å². The Bertz CT molecular complexity index is 280. The van der Waals surface area contributed by atoms with E-state index in [0.29, 0.717) is 13.0 Å². The van der Waals surface area contributed by atoms with Crippen molar-refractivity contribution in [3.63, 3.8) is 0 Å². The van der Waals surface area contributed by atoms with E-state index < -0.39 is 0 Å². The molecule has 0 fully saturated rings. The molecule has 0 saturated heterocycles. The molecular weight excluding hydrogens is 176 g/mol. The van der Waals surface area contributed by atoms with Crippen LogP contribution in [0.4, 0.5) is 0 Å². The maximum Gasteiger partial charge on any atom is 0.132 e. The van der Waals surface area contributed by atoms with Crippen molar-refractivity contribution in [1.82, 2.24) is 0 Å². The van der Waals surface area contributed by atoms with Gasteiger partial charge in [0.1, 0.15) is 5.78 Å². The lowest BCUT2D eigenvalue weighted by atomic mass is 10.2. The minimum atomic E-state index is 0.00714. The highest BCUT2D eigenvalue weighted by Crippen LogP contribution is 2.05. The first-order valence-corrected chi connectivity index (χ1v) is 4.83. The Morgan fingerprint density at radius 1 is 1.36 bits per heavy atom. The van der Waals surface area contributed by atoms with Crippen molar-refractivity contribution in [2.45, 2.75) is 33.0 Å². The summed E-state index contributed by atoms with van der Waals surface area (Å²) in [6.45, 7) is 4.09. The number of hydrogen-bond acceptors (Lipinski definition) is 2. The fourth-order valence-corrected chi connectivity index (χ4v) is 1.28. The number of ketones is 1. The van der Waals surface area contributed by atoms with E-state index in [1.54, 1.807) is 6.92 Å². The lowest BCUT2D eigenvalue weighted by molar-refractivity contribution is -0.119. The highest BCUT2D eigenvalue weighted by atomic mass is 16.5. The standard InChI is InChI=1S/C12H16O2/c1-10(13)8-11(2)14-9-12-6-4-3-5-7-12/h3-7,11H,8-9H2,1-2H3. The van der Waals surface area contributed by atoms with E-state index in [0.717, 1.165) is 5.56 Å². The summed E-state index contributed by atoms with van der Waals surface area (Å²) in [5.74, 6) is 0.172. The van der Waals surface area contributed by atoms with Crippen LogP contribution >= 0.6 is 0 Å². The first-order valence-electron chi connectivity index (χ1n) is 4.83. The average Bonchev–Trinajstić information content (AvgIpc) is 2.15. The van der Waals surface area contributed by atoms with Crippen LogP contribution in [0, 0.1) is 0 Å². The second-order valence-electron chi connectivity index (χ2n) is 3.51. The van der Waals surface area contributed by atoms with Crippen molar-refractivity contribution in [3.05, 3.63) is 35.9 Å². The number of benzene rings is 1. The first kappa shape index (κ1) is 10.9. The zero-order chi connectivity index (χ0) is 10.4. The second kappa shape index (κ2) is 5.55. The zero-order valence-corrected chi connectivity index (χ0v) is 8.69. The molecule has 0 N–H and O–H groups in total. The molecule has 0 aliphatic heterocycles. The van der Waals surface area contributed by atoms with Crippen LogP contribution < -0.4 is 0 Å². The maximum absolute atomic E-state index is 10.8. The van der Waals surface area contributed by atoms with E-state index in [1.807, 2.05) is 37.3 Å². The van der Waals surface area contributed by atoms with Crippen LogP contribution in [0.15, 0.2) is 30.3 Å². The Morgan fingerprint density at radius 2 is 2.00 bits per heavy atom. The smallest absolute Gasteiger partial charge is 0.132 e. The van der Waals surface area contributed by atoms with Gasteiger partial charge in [0, 0.05) is 6.42 Å². The Kier molecular flexibility index (Phi) is 4.33. The topological polar surface area (TPSA) is 26.3 Å². The van der Waals surface area contributed by atoms with E-state index in [-0.39, 0.29) is 11.9 Å². The number of carbonyl (C=O) groups excluding carboxylic acids is 1. The maximum atomic E-state index is 10.8. The molecule has 0 saturated carbocycles. The van der Waals surface area contributed by atoms with Crippen LogP contribution in [-0.2, 0) is 16.1 Å². The number of Topliss-reactive ketones (excluding diaryl/α,β-unsaturated/α-hetero) is 1. The van der Waals surface area contributed by atoms with Crippen molar-refractivity contribution in [2.24, 2.45) is 0 Å². The molecule has 2 heteroatoms. The van der Waals surface area contributed by atoms with E-state index in [9.17, 15) is 4.79 Å². The zero-order valence-electron chi connectivity index (χ0n) is 8.69. The molecule has 76 valence electrons. The van der Waals surface area contributed by atoms with Crippen molar-refractivity contribution < 1.29 is 9.53 Å². The number of hydrogen-bond donors (Lipinski definition) is 0. The molecule has 1 atom stereocenters. The molecule has 0 bridgehead atoms. The predicted molar refractivity (Wildman–Crippen MR) is 56.0 cm³/mol. The Labute approximate surface area is 84.9 Å². The molecule has 1 rings (SSSR count). The number of ether oxygens (including phenoxy) is 1. The molecular formula is C12H16O2. The number of carbonyl (C=O) groups is 1. The normalized spacial score (nSPS) is 12.4. The van der Waals surface area contributed by atoms with E-state index >= 15 is 0 Å². The van der Waals surface area contributed by atoms with Crippen molar-refractivity contribution in [1.29, 1.82) is 0 Å². The minimum Gasteiger partial charge on any atom is -0.373 e. The van der Waals surface area contributed by atoms with Gasteiger partial charge in [0.15, 0.2) is 0 Å². The summed E-state index contributed by atoms with van der Waals surface area (Å²) < 4.78 is 5.52. The van der Waals surface area contributed by atoms with E-state index in [2.05, 4.69) is 0 Å². The minimum absolute atomic E-state index is 0.00714. The van der Waals surface area contributed by atoms with E-state index in [4.69, 9.17) is 4.74 Å². The molecule has 0 heterocycles. The molecule has 14 heavy (non-hydrogen) atoms. The number of rotatable bonds is 5. The van der Waals surface area contributed by atoms with Gasteiger partial charge in [-0.1, -0.05) is 30.3 Å². The second-order valence-corrected chi connectivity index (χ2v) is 3.51. The Balaban J connectivity index is 2.30. The van der Waals surface area contributed by atoms with Crippen molar-refractivity contribution >= 4 is 5.78 Å². The van der Waals surface area contributed by atoms with Crippen LogP contribution in [-0.4, -0.2) is 11.9 Å². The highest BCUT2D eigenvalue weighted by Gasteiger charge is 2.05. The summed E-state index contributed by atoms with van der Waals surface area (Å²) >= 11 is 0. The summed E-state index contributed by atoms with van der Waals surface area (Å²) in [6, 6.07) is 9.96. The van der Waals surface area contributed by atoms with Gasteiger partial charge >= 0.3 is 0 Å². The molecule has 1 unspecified atom stereocenters. The van der Waals surface area contributed by atoms with Crippen LogP contribution in [0.3, 0.4) is 0 Å². The SMILES string of the molecule is CC(=O)CC(C)OCc1ccccc1. The summed E-state index contributed by atoms with van der Waals surface area (Å²) in [4.78, 5) is 10.8. The van der Waals surface area contributed by atoms with Gasteiger partial charge in [0.2, 0.25) is 0 Å². The molecule has 0 amide bonds. The quantitative estimate of drug-likeness (QED) is 0.716. The summed E-state index contributed by atoms with van der Waals surface area (Å²) in [5, 5.41) is 0. The van der Waals surface area contributed by atoms with Gasteiger partial charge in [0.05, 0.1) is 12.7 Å². The average molecular weight is 192 g/mol. The summed E-state index contributed by atoms with van der Waals surface area (Å²) in [6.07, 6.45) is 0.500. The monoisotopic (exact) mass is 192 g/mol. The third-order valence-corrected chi connectivity index (χ3v) is 1.95. The highest BCUT2D eigenvalue weighted by molar-refractivity contribution is 5.75. The van der Waals surface area contributed by atoms with Crippen LogP contribution in [0.1, 0.15) is 25.8 Å². The van der Waals surface area contributed by atoms with Crippen LogP contribution in [0.5, 0.6) is 0 Å². The lowest BCUT2D eigenvalue weighted by Crippen LogP contribution is -2.11. The van der Waals surface area contributed by atoms with Gasteiger partial charge in [-0.25, -0.2) is 0 Å². The van der Waals surface area contributed by atoms with Gasteiger partial charge in [-0.2, -0.15) is 0 Å². The Hall–Kier alpha value is -1.15. The van der Waals surface area contributed by atoms with Gasteiger partial charge in [-0.15, -0.1) is 0 Å². The van der Waals surface area contributed by atoms with Gasteiger partial charge in [0.25, 0.3) is 0 Å². The summed E-state index contributed by atoms with van der Waals surface area (Å²) in [7, 11) is 0. The molecule has 2 nitrogen and oxygen atoms in total. The molecule has 0 aliphatic carbocycles. The van der Waals surface area contributed by atoms with E-state index in [1.165, 1.54) is 0 Å². The van der Waals surface area contributed by atoms with Gasteiger partial charge in [-0.05, 0) is 19.4 Å². The van der Waals surface area contributed by atoms with Gasteiger partial charge < -0.3 is 4.74 Å². The molecule has 0 radical (unpaired) electrons. The fourth-order valence-electron chi connectivity index (χ4n) is 1.28.